The summed E-state index contributed by atoms with van der Waals surface area (Å²) < 4.78 is 35.7. The van der Waals surface area contributed by atoms with E-state index in [0.717, 1.165) is 6.08 Å². The molecule has 86 valence electrons. The van der Waals surface area contributed by atoms with E-state index < -0.39 is 12.1 Å². The van der Waals surface area contributed by atoms with Crippen LogP contribution in [0.2, 0.25) is 0 Å². The number of alkyl halides is 3. The highest BCUT2D eigenvalue weighted by atomic mass is 19.4. The minimum absolute atomic E-state index is 0.145. The zero-order valence-corrected chi connectivity index (χ0v) is 8.51. The summed E-state index contributed by atoms with van der Waals surface area (Å²) in [5.74, 6) is -0.594. The van der Waals surface area contributed by atoms with E-state index >= 15 is 0 Å². The van der Waals surface area contributed by atoms with Crippen molar-refractivity contribution in [2.75, 3.05) is 0 Å². The largest absolute Gasteiger partial charge is 0.409 e. The summed E-state index contributed by atoms with van der Waals surface area (Å²) in [4.78, 5) is 10.9. The first-order valence-electron chi connectivity index (χ1n) is 4.46. The Morgan fingerprint density at radius 2 is 2.00 bits per heavy atom. The number of rotatable bonds is 2. The molecule has 16 heavy (non-hydrogen) atoms. The molecule has 0 bridgehead atoms. The molecular formula is C11H10F3NO. The van der Waals surface area contributed by atoms with Crippen molar-refractivity contribution in [1.29, 1.82) is 0 Å². The molecular weight excluding hydrogens is 219 g/mol. The van der Waals surface area contributed by atoms with Crippen LogP contribution in [0.15, 0.2) is 24.3 Å². The molecule has 5 heteroatoms. The van der Waals surface area contributed by atoms with Gasteiger partial charge in [-0.25, -0.2) is 0 Å². The third-order valence-electron chi connectivity index (χ3n) is 1.98. The Balaban J connectivity index is 2.99. The highest BCUT2D eigenvalue weighted by Crippen LogP contribution is 2.19. The van der Waals surface area contributed by atoms with Gasteiger partial charge in [-0.1, -0.05) is 18.2 Å². The molecule has 0 radical (unpaired) electrons. The quantitative estimate of drug-likeness (QED) is 0.832. The molecule has 0 aliphatic carbocycles. The van der Waals surface area contributed by atoms with Crippen LogP contribution in [0, 0.1) is 6.92 Å². The topological polar surface area (TPSA) is 43.1 Å². The average Bonchev–Trinajstić information content (AvgIpc) is 2.13. The van der Waals surface area contributed by atoms with Crippen molar-refractivity contribution < 1.29 is 18.0 Å². The molecule has 2 nitrogen and oxygen atoms in total. The lowest BCUT2D eigenvalue weighted by molar-refractivity contribution is -0.0790. The maximum Gasteiger partial charge on any atom is 0.409 e. The van der Waals surface area contributed by atoms with Crippen LogP contribution in [-0.2, 0) is 0 Å². The number of aryl methyl sites for hydroxylation is 1. The Bertz CT molecular complexity index is 435. The van der Waals surface area contributed by atoms with Crippen LogP contribution in [0.3, 0.4) is 0 Å². The Morgan fingerprint density at radius 1 is 1.38 bits per heavy atom. The summed E-state index contributed by atoms with van der Waals surface area (Å²) in [7, 11) is 0. The number of hydrogen-bond donors (Lipinski definition) is 1. The number of allylic oxidation sites excluding steroid dienone is 1. The Hall–Kier alpha value is -1.78. The van der Waals surface area contributed by atoms with E-state index in [2.05, 4.69) is 0 Å². The predicted octanol–water partition coefficient (Wildman–Crippen LogP) is 2.67. The fourth-order valence-electron chi connectivity index (χ4n) is 1.26. The number of halogens is 3. The van der Waals surface area contributed by atoms with Crippen molar-refractivity contribution in [3.05, 3.63) is 41.0 Å². The molecule has 0 fully saturated rings. The van der Waals surface area contributed by atoms with Crippen molar-refractivity contribution in [3.63, 3.8) is 0 Å². The van der Waals surface area contributed by atoms with E-state index in [1.54, 1.807) is 6.92 Å². The second-order valence-corrected chi connectivity index (χ2v) is 3.31. The zero-order valence-electron chi connectivity index (χ0n) is 8.51. The van der Waals surface area contributed by atoms with Crippen LogP contribution in [0.1, 0.15) is 21.5 Å². The molecule has 0 saturated carbocycles. The van der Waals surface area contributed by atoms with Gasteiger partial charge in [-0.2, -0.15) is 13.2 Å². The van der Waals surface area contributed by atoms with E-state index in [1.165, 1.54) is 18.2 Å². The number of benzene rings is 1. The Kier molecular flexibility index (Phi) is 3.37. The Labute approximate surface area is 90.6 Å². The van der Waals surface area contributed by atoms with Gasteiger partial charge in [0.05, 0.1) is 0 Å². The highest BCUT2D eigenvalue weighted by Gasteiger charge is 2.21. The minimum Gasteiger partial charge on any atom is -0.366 e. The van der Waals surface area contributed by atoms with E-state index in [1.807, 2.05) is 0 Å². The molecule has 0 heterocycles. The summed E-state index contributed by atoms with van der Waals surface area (Å²) in [6.45, 7) is 1.62. The first kappa shape index (κ1) is 12.3. The van der Waals surface area contributed by atoms with Crippen LogP contribution in [0.4, 0.5) is 13.2 Å². The van der Waals surface area contributed by atoms with Crippen LogP contribution in [-0.4, -0.2) is 12.1 Å². The molecule has 0 aliphatic rings. The van der Waals surface area contributed by atoms with Crippen LogP contribution in [0.25, 0.3) is 6.08 Å². The van der Waals surface area contributed by atoms with Gasteiger partial charge in [0.2, 0.25) is 5.91 Å². The van der Waals surface area contributed by atoms with Crippen molar-refractivity contribution in [3.8, 4) is 0 Å². The van der Waals surface area contributed by atoms with E-state index in [0.29, 0.717) is 16.7 Å². The third-order valence-corrected chi connectivity index (χ3v) is 1.98. The van der Waals surface area contributed by atoms with Gasteiger partial charge in [0.1, 0.15) is 0 Å². The van der Waals surface area contributed by atoms with Crippen molar-refractivity contribution in [1.82, 2.24) is 0 Å². The van der Waals surface area contributed by atoms with Gasteiger partial charge >= 0.3 is 6.18 Å². The standard InChI is InChI=1S/C11H10F3NO/c1-7-6-8(4-5-11(12,13)14)2-3-9(7)10(15)16/h2-6H,1H3,(H2,15,16). The molecule has 0 unspecified atom stereocenters. The lowest BCUT2D eigenvalue weighted by atomic mass is 10.0. The summed E-state index contributed by atoms with van der Waals surface area (Å²) in [6, 6.07) is 4.30. The van der Waals surface area contributed by atoms with Gasteiger partial charge in [-0.05, 0) is 24.1 Å². The molecule has 1 amide bonds. The molecule has 1 aromatic rings. The van der Waals surface area contributed by atoms with E-state index in [-0.39, 0.29) is 6.08 Å². The maximum atomic E-state index is 11.9. The number of amides is 1. The minimum atomic E-state index is -4.34. The molecule has 1 aromatic carbocycles. The lowest BCUT2D eigenvalue weighted by Gasteiger charge is -2.03. The Morgan fingerprint density at radius 3 is 2.44 bits per heavy atom. The number of hydrogen-bond acceptors (Lipinski definition) is 1. The predicted molar refractivity (Wildman–Crippen MR) is 54.8 cm³/mol. The summed E-state index contributed by atoms with van der Waals surface area (Å²) in [5, 5.41) is 0. The average molecular weight is 229 g/mol. The number of carbonyl (C=O) groups is 1. The molecule has 0 atom stereocenters. The first-order valence-corrected chi connectivity index (χ1v) is 4.46. The van der Waals surface area contributed by atoms with Gasteiger partial charge in [-0.15, -0.1) is 0 Å². The van der Waals surface area contributed by atoms with E-state index in [9.17, 15) is 18.0 Å². The summed E-state index contributed by atoms with van der Waals surface area (Å²) >= 11 is 0. The monoisotopic (exact) mass is 229 g/mol. The number of primary amides is 1. The maximum absolute atomic E-state index is 11.9. The highest BCUT2D eigenvalue weighted by molar-refractivity contribution is 5.94. The fraction of sp³-hybridized carbons (Fsp3) is 0.182. The second-order valence-electron chi connectivity index (χ2n) is 3.31. The van der Waals surface area contributed by atoms with Crippen molar-refractivity contribution in [2.45, 2.75) is 13.1 Å². The van der Waals surface area contributed by atoms with Gasteiger partial charge in [0, 0.05) is 11.6 Å². The van der Waals surface area contributed by atoms with Gasteiger partial charge < -0.3 is 5.73 Å². The number of nitrogens with two attached hydrogens (primary N) is 1. The van der Waals surface area contributed by atoms with E-state index in [4.69, 9.17) is 5.73 Å². The van der Waals surface area contributed by atoms with Crippen LogP contribution in [0.5, 0.6) is 0 Å². The van der Waals surface area contributed by atoms with Gasteiger partial charge in [0.25, 0.3) is 0 Å². The number of carbonyl (C=O) groups excluding carboxylic acids is 1. The SMILES string of the molecule is Cc1cc(C=CC(F)(F)F)ccc1C(N)=O. The van der Waals surface area contributed by atoms with Crippen molar-refractivity contribution in [2.24, 2.45) is 5.73 Å². The van der Waals surface area contributed by atoms with Crippen LogP contribution < -0.4 is 5.73 Å². The van der Waals surface area contributed by atoms with Gasteiger partial charge in [0.15, 0.2) is 0 Å². The molecule has 0 aliphatic heterocycles. The zero-order chi connectivity index (χ0) is 12.3. The molecule has 2 N–H and O–H groups in total. The summed E-state index contributed by atoms with van der Waals surface area (Å²) in [5.41, 5.74) is 6.31. The molecule has 0 aromatic heterocycles. The third kappa shape index (κ3) is 3.42. The van der Waals surface area contributed by atoms with Crippen LogP contribution >= 0.6 is 0 Å². The van der Waals surface area contributed by atoms with Crippen molar-refractivity contribution >= 4 is 12.0 Å². The fourth-order valence-corrected chi connectivity index (χ4v) is 1.26. The second kappa shape index (κ2) is 4.38. The lowest BCUT2D eigenvalue weighted by Crippen LogP contribution is -2.12. The normalized spacial score (nSPS) is 12.0. The molecule has 0 saturated heterocycles. The smallest absolute Gasteiger partial charge is 0.366 e. The molecule has 1 rings (SSSR count). The van der Waals surface area contributed by atoms with Gasteiger partial charge in [-0.3, -0.25) is 4.79 Å². The first-order chi connectivity index (χ1) is 7.29. The summed E-state index contributed by atoms with van der Waals surface area (Å²) in [6.07, 6.45) is -3.25. The molecule has 0 spiro atoms.